The molecule has 0 aromatic heterocycles. The van der Waals surface area contributed by atoms with Crippen LogP contribution in [0.25, 0.3) is 0 Å². The topological polar surface area (TPSA) is 109 Å². The van der Waals surface area contributed by atoms with E-state index in [0.717, 1.165) is 29.7 Å². The molecule has 0 aliphatic carbocycles. The number of amides is 1. The van der Waals surface area contributed by atoms with E-state index < -0.39 is 0 Å². The summed E-state index contributed by atoms with van der Waals surface area (Å²) >= 11 is 0. The first-order valence-electron chi connectivity index (χ1n) is 11.6. The third-order valence-electron chi connectivity index (χ3n) is 5.89. The average molecular weight is 461 g/mol. The van der Waals surface area contributed by atoms with Crippen molar-refractivity contribution in [3.05, 3.63) is 64.7 Å². The average Bonchev–Trinajstić information content (AvgIpc) is 3.29. The smallest absolute Gasteiger partial charge is 0.305 e. The number of amidine groups is 1. The number of anilines is 1. The van der Waals surface area contributed by atoms with Crippen LogP contribution in [0.5, 0.6) is 0 Å². The molecule has 34 heavy (non-hydrogen) atoms. The van der Waals surface area contributed by atoms with Gasteiger partial charge in [-0.3, -0.25) is 15.0 Å². The quantitative estimate of drug-likeness (QED) is 0.241. The van der Waals surface area contributed by atoms with Crippen molar-refractivity contribution in [3.8, 4) is 11.8 Å². The number of benzene rings is 2. The standard InChI is InChI=1S/C27H32N4O3/c1-3-34-25(32)15-13-23-7-5-17-31(23)27(33)24-14-8-20(18-19(24)2)6-4-16-30-22-11-9-21(10-12-22)26(28)29/h8-12,14,18,23,30H,3,5,7,13,15-17H2,1-2H3,(H3,28,29). The summed E-state index contributed by atoms with van der Waals surface area (Å²) in [5.41, 5.74) is 9.47. The maximum absolute atomic E-state index is 13.2. The summed E-state index contributed by atoms with van der Waals surface area (Å²) in [6.07, 6.45) is 2.84. The van der Waals surface area contributed by atoms with Crippen molar-refractivity contribution < 1.29 is 14.3 Å². The number of aryl methyl sites for hydroxylation is 1. The van der Waals surface area contributed by atoms with Crippen LogP contribution in [-0.2, 0) is 9.53 Å². The number of rotatable bonds is 8. The van der Waals surface area contributed by atoms with E-state index in [0.29, 0.717) is 43.7 Å². The second kappa shape index (κ2) is 11.9. The predicted octanol–water partition coefficient (Wildman–Crippen LogP) is 3.69. The largest absolute Gasteiger partial charge is 0.466 e. The first kappa shape index (κ1) is 24.8. The molecule has 0 radical (unpaired) electrons. The van der Waals surface area contributed by atoms with Gasteiger partial charge in [0.15, 0.2) is 0 Å². The van der Waals surface area contributed by atoms with Gasteiger partial charge in [0.2, 0.25) is 0 Å². The molecule has 2 aromatic carbocycles. The van der Waals surface area contributed by atoms with Gasteiger partial charge in [-0.25, -0.2) is 0 Å². The highest BCUT2D eigenvalue weighted by atomic mass is 16.5. The summed E-state index contributed by atoms with van der Waals surface area (Å²) in [6.45, 7) is 5.29. The van der Waals surface area contributed by atoms with E-state index in [-0.39, 0.29) is 23.8 Å². The normalized spacial score (nSPS) is 14.8. The molecule has 0 saturated carbocycles. The van der Waals surface area contributed by atoms with Crippen LogP contribution in [-0.4, -0.2) is 48.4 Å². The molecular weight excluding hydrogens is 428 g/mol. The first-order chi connectivity index (χ1) is 16.4. The number of nitrogens with two attached hydrogens (primary N) is 1. The van der Waals surface area contributed by atoms with Crippen LogP contribution in [0.1, 0.15) is 59.7 Å². The van der Waals surface area contributed by atoms with Gasteiger partial charge in [-0.1, -0.05) is 11.8 Å². The summed E-state index contributed by atoms with van der Waals surface area (Å²) in [6, 6.07) is 13.0. The molecule has 1 aliphatic heterocycles. The summed E-state index contributed by atoms with van der Waals surface area (Å²) in [5, 5.41) is 10.6. The van der Waals surface area contributed by atoms with Crippen LogP contribution in [0.4, 0.5) is 5.69 Å². The van der Waals surface area contributed by atoms with Gasteiger partial charge < -0.3 is 20.7 Å². The number of esters is 1. The van der Waals surface area contributed by atoms with Crippen molar-refractivity contribution in [2.75, 3.05) is 25.0 Å². The Kier molecular flexibility index (Phi) is 8.69. The lowest BCUT2D eigenvalue weighted by Gasteiger charge is -2.25. The summed E-state index contributed by atoms with van der Waals surface area (Å²) in [4.78, 5) is 26.8. The second-order valence-corrected chi connectivity index (χ2v) is 8.31. The Morgan fingerprint density at radius 2 is 2.00 bits per heavy atom. The molecule has 1 aliphatic rings. The minimum Gasteiger partial charge on any atom is -0.466 e. The highest BCUT2D eigenvalue weighted by molar-refractivity contribution is 5.96. The predicted molar refractivity (Wildman–Crippen MR) is 134 cm³/mol. The molecule has 178 valence electrons. The maximum Gasteiger partial charge on any atom is 0.305 e. The SMILES string of the molecule is CCOC(=O)CCC1CCCN1C(=O)c1ccc(C#CCNc2ccc(C(=N)N)cc2)cc1C. The number of carbonyl (C=O) groups is 2. The fourth-order valence-electron chi connectivity index (χ4n) is 4.12. The Bertz CT molecular complexity index is 1100. The molecule has 7 heteroatoms. The van der Waals surface area contributed by atoms with Gasteiger partial charge in [0.1, 0.15) is 5.84 Å². The Balaban J connectivity index is 1.57. The monoisotopic (exact) mass is 460 g/mol. The Hall–Kier alpha value is -3.79. The molecule has 1 fully saturated rings. The lowest BCUT2D eigenvalue weighted by molar-refractivity contribution is -0.143. The molecular formula is C27H32N4O3. The van der Waals surface area contributed by atoms with E-state index in [9.17, 15) is 9.59 Å². The van der Waals surface area contributed by atoms with Crippen molar-refractivity contribution in [2.45, 2.75) is 45.6 Å². The molecule has 0 bridgehead atoms. The van der Waals surface area contributed by atoms with Crippen molar-refractivity contribution in [1.29, 1.82) is 5.41 Å². The Morgan fingerprint density at radius 3 is 2.68 bits per heavy atom. The molecule has 1 unspecified atom stereocenters. The number of ether oxygens (including phenoxy) is 1. The fraction of sp³-hybridized carbons (Fsp3) is 0.370. The van der Waals surface area contributed by atoms with E-state index in [4.69, 9.17) is 15.9 Å². The minimum absolute atomic E-state index is 0.0130. The molecule has 1 heterocycles. The maximum atomic E-state index is 13.2. The van der Waals surface area contributed by atoms with Crippen LogP contribution in [0.3, 0.4) is 0 Å². The van der Waals surface area contributed by atoms with Gasteiger partial charge in [-0.15, -0.1) is 0 Å². The second-order valence-electron chi connectivity index (χ2n) is 8.31. The van der Waals surface area contributed by atoms with Gasteiger partial charge in [0.25, 0.3) is 5.91 Å². The number of hydrogen-bond donors (Lipinski definition) is 3. The Morgan fingerprint density at radius 1 is 1.24 bits per heavy atom. The summed E-state index contributed by atoms with van der Waals surface area (Å²) in [5.74, 6) is 6.08. The van der Waals surface area contributed by atoms with Gasteiger partial charge in [-0.05, 0) is 81.1 Å². The molecule has 2 aromatic rings. The van der Waals surface area contributed by atoms with Gasteiger partial charge in [0, 0.05) is 41.4 Å². The van der Waals surface area contributed by atoms with Crippen LogP contribution in [0.15, 0.2) is 42.5 Å². The number of likely N-dealkylation sites (tertiary alicyclic amines) is 1. The Labute approximate surface area is 201 Å². The van der Waals surface area contributed by atoms with E-state index in [1.807, 2.05) is 42.2 Å². The zero-order chi connectivity index (χ0) is 24.5. The molecule has 1 saturated heterocycles. The lowest BCUT2D eigenvalue weighted by atomic mass is 10.0. The zero-order valence-electron chi connectivity index (χ0n) is 19.8. The summed E-state index contributed by atoms with van der Waals surface area (Å²) < 4.78 is 5.02. The summed E-state index contributed by atoms with van der Waals surface area (Å²) in [7, 11) is 0. The molecule has 3 rings (SSSR count). The van der Waals surface area contributed by atoms with Crippen molar-refractivity contribution in [2.24, 2.45) is 5.73 Å². The van der Waals surface area contributed by atoms with Gasteiger partial charge in [-0.2, -0.15) is 0 Å². The van der Waals surface area contributed by atoms with Crippen LogP contribution in [0.2, 0.25) is 0 Å². The highest BCUT2D eigenvalue weighted by Crippen LogP contribution is 2.25. The van der Waals surface area contributed by atoms with Crippen LogP contribution in [0, 0.1) is 24.2 Å². The van der Waals surface area contributed by atoms with E-state index in [1.54, 1.807) is 19.1 Å². The first-order valence-corrected chi connectivity index (χ1v) is 11.6. The van der Waals surface area contributed by atoms with Crippen LogP contribution >= 0.6 is 0 Å². The molecule has 0 spiro atoms. The third kappa shape index (κ3) is 6.61. The molecule has 4 N–H and O–H groups in total. The number of nitrogen functional groups attached to an aromatic ring is 1. The number of nitrogens with one attached hydrogen (secondary N) is 2. The molecule has 1 amide bonds. The number of nitrogens with zero attached hydrogens (tertiary/aromatic N) is 1. The highest BCUT2D eigenvalue weighted by Gasteiger charge is 2.30. The van der Waals surface area contributed by atoms with Gasteiger partial charge >= 0.3 is 5.97 Å². The van der Waals surface area contributed by atoms with E-state index in [2.05, 4.69) is 17.2 Å². The fourth-order valence-corrected chi connectivity index (χ4v) is 4.12. The minimum atomic E-state index is -0.205. The van der Waals surface area contributed by atoms with Crippen LogP contribution < -0.4 is 11.1 Å². The molecule has 7 nitrogen and oxygen atoms in total. The van der Waals surface area contributed by atoms with Gasteiger partial charge in [0.05, 0.1) is 13.2 Å². The third-order valence-corrected chi connectivity index (χ3v) is 5.89. The van der Waals surface area contributed by atoms with E-state index >= 15 is 0 Å². The van der Waals surface area contributed by atoms with Crippen molar-refractivity contribution in [3.63, 3.8) is 0 Å². The zero-order valence-corrected chi connectivity index (χ0v) is 19.8. The van der Waals surface area contributed by atoms with E-state index in [1.165, 1.54) is 0 Å². The number of hydrogen-bond acceptors (Lipinski definition) is 5. The number of carbonyl (C=O) groups excluding carboxylic acids is 2. The van der Waals surface area contributed by atoms with Crippen molar-refractivity contribution >= 4 is 23.4 Å². The van der Waals surface area contributed by atoms with Crippen molar-refractivity contribution in [1.82, 2.24) is 4.90 Å². The lowest BCUT2D eigenvalue weighted by Crippen LogP contribution is -2.36. The molecule has 1 atom stereocenters.